The van der Waals surface area contributed by atoms with Crippen LogP contribution in [-0.4, -0.2) is 37.9 Å². The second-order valence-electron chi connectivity index (χ2n) is 6.25. The van der Waals surface area contributed by atoms with Crippen molar-refractivity contribution < 1.29 is 10.0 Å². The van der Waals surface area contributed by atoms with Crippen LogP contribution in [-0.2, 0) is 12.1 Å². The normalized spacial score (nSPS) is 11.3. The maximum atomic E-state index is 11.0. The van der Waals surface area contributed by atoms with Crippen LogP contribution in [0.4, 0.5) is 17.1 Å². The maximum absolute atomic E-state index is 11.0. The average molecular weight is 334 g/mol. The molecule has 0 amide bonds. The van der Waals surface area contributed by atoms with E-state index in [0.717, 1.165) is 5.82 Å². The summed E-state index contributed by atoms with van der Waals surface area (Å²) in [6.45, 7) is 6.75. The number of non-ortho nitro benzene ring substituents is 1. The highest BCUT2D eigenvalue weighted by molar-refractivity contribution is 5.71. The quantitative estimate of drug-likeness (QED) is 0.523. The van der Waals surface area contributed by atoms with E-state index in [2.05, 4.69) is 20.7 Å². The minimum atomic E-state index is -0.446. The fourth-order valence-corrected chi connectivity index (χ4v) is 2.26. The number of aromatic nitrogens is 3. The topological polar surface area (TPSA) is 118 Å². The lowest BCUT2D eigenvalue weighted by molar-refractivity contribution is -0.384. The Balaban J connectivity index is 2.23. The van der Waals surface area contributed by atoms with Crippen molar-refractivity contribution in [2.24, 2.45) is 0 Å². The van der Waals surface area contributed by atoms with E-state index in [0.29, 0.717) is 24.5 Å². The van der Waals surface area contributed by atoms with Gasteiger partial charge in [0.25, 0.3) is 5.69 Å². The van der Waals surface area contributed by atoms with Crippen LogP contribution in [0.2, 0.25) is 0 Å². The van der Waals surface area contributed by atoms with Crippen molar-refractivity contribution in [3.63, 3.8) is 0 Å². The Hall–Kier alpha value is -2.68. The van der Waals surface area contributed by atoms with Crippen LogP contribution in [0, 0.1) is 10.1 Å². The van der Waals surface area contributed by atoms with Crippen LogP contribution in [0.1, 0.15) is 26.6 Å². The number of nitrogens with one attached hydrogen (secondary N) is 2. The molecule has 0 aliphatic carbocycles. The largest absolute Gasteiger partial charge is 0.395 e. The summed E-state index contributed by atoms with van der Waals surface area (Å²) in [5.74, 6) is 0.724. The molecule has 3 N–H and O–H groups in total. The maximum Gasteiger partial charge on any atom is 0.271 e. The number of nitrogens with zero attached hydrogens (tertiary/aromatic N) is 4. The van der Waals surface area contributed by atoms with Crippen molar-refractivity contribution in [1.82, 2.24) is 14.8 Å². The van der Waals surface area contributed by atoms with Crippen LogP contribution >= 0.6 is 0 Å². The number of nitro benzene ring substituents is 1. The van der Waals surface area contributed by atoms with Crippen molar-refractivity contribution >= 4 is 17.1 Å². The van der Waals surface area contributed by atoms with E-state index < -0.39 is 4.92 Å². The van der Waals surface area contributed by atoms with Crippen LogP contribution in [0.5, 0.6) is 0 Å². The summed E-state index contributed by atoms with van der Waals surface area (Å²) in [5.41, 5.74) is 1.02. The van der Waals surface area contributed by atoms with Gasteiger partial charge in [-0.15, -0.1) is 0 Å². The number of hydrogen-bond donors (Lipinski definition) is 3. The molecule has 0 spiro atoms. The van der Waals surface area contributed by atoms with Crippen molar-refractivity contribution in [3.05, 3.63) is 40.5 Å². The van der Waals surface area contributed by atoms with E-state index in [1.165, 1.54) is 18.5 Å². The molecule has 0 atom stereocenters. The molecule has 0 aliphatic rings. The van der Waals surface area contributed by atoms with Gasteiger partial charge in [-0.1, -0.05) is 0 Å². The lowest BCUT2D eigenvalue weighted by Crippen LogP contribution is -2.26. The minimum absolute atomic E-state index is 0.00987. The molecule has 1 heterocycles. The number of aliphatic hydroxyl groups is 1. The molecule has 24 heavy (non-hydrogen) atoms. The Morgan fingerprint density at radius 1 is 1.29 bits per heavy atom. The van der Waals surface area contributed by atoms with Crippen molar-refractivity contribution in [2.45, 2.75) is 32.9 Å². The molecule has 1 aromatic heterocycles. The molecule has 0 bridgehead atoms. The molecule has 130 valence electrons. The van der Waals surface area contributed by atoms with Crippen LogP contribution in [0.15, 0.2) is 24.5 Å². The first-order chi connectivity index (χ1) is 11.3. The summed E-state index contributed by atoms with van der Waals surface area (Å²) in [4.78, 5) is 14.8. The third-order valence-electron chi connectivity index (χ3n) is 3.33. The first kappa shape index (κ1) is 17.7. The van der Waals surface area contributed by atoms with Gasteiger partial charge in [0.05, 0.1) is 35.0 Å². The number of benzene rings is 1. The highest BCUT2D eigenvalue weighted by atomic mass is 16.6. The molecule has 0 unspecified atom stereocenters. The third-order valence-corrected chi connectivity index (χ3v) is 3.33. The number of rotatable bonds is 7. The van der Waals surface area contributed by atoms with E-state index in [4.69, 9.17) is 5.11 Å². The molecule has 0 radical (unpaired) electrons. The lowest BCUT2D eigenvalue weighted by Gasteiger charge is -2.21. The SMILES string of the molecule is CC(C)(C)n1ncnc1CNc1cc([N+](=O)[O-])ccc1NCCO. The summed E-state index contributed by atoms with van der Waals surface area (Å²) >= 11 is 0. The van der Waals surface area contributed by atoms with Crippen molar-refractivity contribution in [1.29, 1.82) is 0 Å². The van der Waals surface area contributed by atoms with Crippen LogP contribution in [0.25, 0.3) is 0 Å². The zero-order valence-electron chi connectivity index (χ0n) is 14.0. The van der Waals surface area contributed by atoms with Crippen molar-refractivity contribution in [3.8, 4) is 0 Å². The predicted molar refractivity (Wildman–Crippen MR) is 91.0 cm³/mol. The summed E-state index contributed by atoms with van der Waals surface area (Å²) in [5, 5.41) is 30.4. The number of nitro groups is 1. The number of hydrogen-bond acceptors (Lipinski definition) is 7. The first-order valence-electron chi connectivity index (χ1n) is 7.59. The van der Waals surface area contributed by atoms with E-state index in [9.17, 15) is 10.1 Å². The van der Waals surface area contributed by atoms with Gasteiger partial charge in [0.1, 0.15) is 12.2 Å². The highest BCUT2D eigenvalue weighted by Gasteiger charge is 2.19. The molecule has 9 nitrogen and oxygen atoms in total. The molecule has 1 aromatic carbocycles. The zero-order valence-corrected chi connectivity index (χ0v) is 14.0. The van der Waals surface area contributed by atoms with Gasteiger partial charge in [0.2, 0.25) is 0 Å². The summed E-state index contributed by atoms with van der Waals surface area (Å²) in [6.07, 6.45) is 1.49. The lowest BCUT2D eigenvalue weighted by atomic mass is 10.1. The molecular weight excluding hydrogens is 312 g/mol. The predicted octanol–water partition coefficient (Wildman–Crippen LogP) is 1.96. The molecule has 0 saturated carbocycles. The van der Waals surface area contributed by atoms with Crippen LogP contribution < -0.4 is 10.6 Å². The molecule has 0 saturated heterocycles. The number of aliphatic hydroxyl groups excluding tert-OH is 1. The standard InChI is InChI=1S/C15H22N6O3/c1-15(2,3)20-14(18-10-19-20)9-17-13-8-11(21(23)24)4-5-12(13)16-6-7-22/h4-5,8,10,16-17,22H,6-7,9H2,1-3H3. The Kier molecular flexibility index (Phi) is 5.35. The summed E-state index contributed by atoms with van der Waals surface area (Å²) in [7, 11) is 0. The van der Waals surface area contributed by atoms with Gasteiger partial charge in [0, 0.05) is 18.7 Å². The Morgan fingerprint density at radius 2 is 2.04 bits per heavy atom. The van der Waals surface area contributed by atoms with E-state index in [1.807, 2.05) is 20.8 Å². The summed E-state index contributed by atoms with van der Waals surface area (Å²) < 4.78 is 1.80. The van der Waals surface area contributed by atoms with E-state index in [-0.39, 0.29) is 17.8 Å². The molecule has 2 aromatic rings. The van der Waals surface area contributed by atoms with E-state index >= 15 is 0 Å². The molecule has 9 heteroatoms. The van der Waals surface area contributed by atoms with Gasteiger partial charge < -0.3 is 15.7 Å². The fraction of sp³-hybridized carbons (Fsp3) is 0.467. The third kappa shape index (κ3) is 4.19. The van der Waals surface area contributed by atoms with E-state index in [1.54, 1.807) is 10.7 Å². The zero-order chi connectivity index (χ0) is 17.7. The second-order valence-corrected chi connectivity index (χ2v) is 6.25. The molecule has 2 rings (SSSR count). The van der Waals surface area contributed by atoms with Gasteiger partial charge in [0.15, 0.2) is 0 Å². The monoisotopic (exact) mass is 334 g/mol. The van der Waals surface area contributed by atoms with Crippen LogP contribution in [0.3, 0.4) is 0 Å². The van der Waals surface area contributed by atoms with Gasteiger partial charge in [-0.25, -0.2) is 9.67 Å². The average Bonchev–Trinajstić information content (AvgIpc) is 2.99. The number of anilines is 2. The highest BCUT2D eigenvalue weighted by Crippen LogP contribution is 2.27. The van der Waals surface area contributed by atoms with Crippen molar-refractivity contribution in [2.75, 3.05) is 23.8 Å². The Labute approximate surface area is 139 Å². The summed E-state index contributed by atoms with van der Waals surface area (Å²) in [6, 6.07) is 4.49. The Bertz CT molecular complexity index is 707. The molecule has 0 aliphatic heterocycles. The fourth-order valence-electron chi connectivity index (χ4n) is 2.26. The second kappa shape index (κ2) is 7.26. The van der Waals surface area contributed by atoms with Gasteiger partial charge in [-0.2, -0.15) is 5.10 Å². The first-order valence-corrected chi connectivity index (χ1v) is 7.59. The molecular formula is C15H22N6O3. The van der Waals surface area contributed by atoms with Gasteiger partial charge >= 0.3 is 0 Å². The molecule has 0 fully saturated rings. The Morgan fingerprint density at radius 3 is 2.67 bits per heavy atom. The van der Waals surface area contributed by atoms with Gasteiger partial charge in [-0.05, 0) is 26.8 Å². The minimum Gasteiger partial charge on any atom is -0.395 e. The van der Waals surface area contributed by atoms with Gasteiger partial charge in [-0.3, -0.25) is 10.1 Å². The smallest absolute Gasteiger partial charge is 0.271 e.